The normalized spacial score (nSPS) is 23.7. The Morgan fingerprint density at radius 1 is 1.56 bits per heavy atom. The lowest BCUT2D eigenvalue weighted by Gasteiger charge is -2.30. The average molecular weight is 315 g/mol. The molecule has 2 rings (SSSR count). The van der Waals surface area contributed by atoms with Crippen LogP contribution in [0.3, 0.4) is 0 Å². The standard InChI is InChI=1S/C13H15BrO4/c1-17-8-4-5-11(14)10(7-8)12-9(13(15)16)3-2-6-18-12/h4-5,7,9,12H,2-3,6H2,1H3,(H,15,16). The third-order valence-electron chi connectivity index (χ3n) is 3.15. The fourth-order valence-electron chi connectivity index (χ4n) is 2.21. The van der Waals surface area contributed by atoms with Crippen LogP contribution in [0, 0.1) is 5.92 Å². The molecule has 2 unspecified atom stereocenters. The first-order chi connectivity index (χ1) is 8.63. The number of rotatable bonds is 3. The quantitative estimate of drug-likeness (QED) is 0.931. The molecule has 1 saturated heterocycles. The second kappa shape index (κ2) is 5.71. The Labute approximate surface area is 114 Å². The van der Waals surface area contributed by atoms with Gasteiger partial charge < -0.3 is 14.6 Å². The number of carbonyl (C=O) groups is 1. The van der Waals surface area contributed by atoms with E-state index in [-0.39, 0.29) is 0 Å². The first kappa shape index (κ1) is 13.4. The van der Waals surface area contributed by atoms with Gasteiger partial charge in [-0.1, -0.05) is 15.9 Å². The van der Waals surface area contributed by atoms with Gasteiger partial charge in [0, 0.05) is 11.1 Å². The Bertz CT molecular complexity index is 447. The Morgan fingerprint density at radius 2 is 2.33 bits per heavy atom. The van der Waals surface area contributed by atoms with Gasteiger partial charge in [-0.25, -0.2) is 0 Å². The van der Waals surface area contributed by atoms with E-state index in [1.54, 1.807) is 7.11 Å². The Morgan fingerprint density at radius 3 is 3.00 bits per heavy atom. The summed E-state index contributed by atoms with van der Waals surface area (Å²) in [4.78, 5) is 11.3. The maximum absolute atomic E-state index is 11.3. The minimum Gasteiger partial charge on any atom is -0.497 e. The number of methoxy groups -OCH3 is 1. The van der Waals surface area contributed by atoms with E-state index in [9.17, 15) is 9.90 Å². The molecule has 4 nitrogen and oxygen atoms in total. The van der Waals surface area contributed by atoms with Crippen LogP contribution in [0.5, 0.6) is 5.75 Å². The van der Waals surface area contributed by atoms with Gasteiger partial charge in [0.1, 0.15) is 5.75 Å². The smallest absolute Gasteiger partial charge is 0.309 e. The summed E-state index contributed by atoms with van der Waals surface area (Å²) in [6.45, 7) is 0.595. The Hall–Kier alpha value is -1.07. The molecule has 0 saturated carbocycles. The van der Waals surface area contributed by atoms with Crippen molar-refractivity contribution in [1.29, 1.82) is 0 Å². The van der Waals surface area contributed by atoms with Crippen molar-refractivity contribution in [3.8, 4) is 5.75 Å². The highest BCUT2D eigenvalue weighted by atomic mass is 79.9. The highest BCUT2D eigenvalue weighted by Gasteiger charge is 2.34. The van der Waals surface area contributed by atoms with Gasteiger partial charge in [-0.3, -0.25) is 4.79 Å². The van der Waals surface area contributed by atoms with E-state index in [2.05, 4.69) is 15.9 Å². The van der Waals surface area contributed by atoms with Crippen LogP contribution in [0.2, 0.25) is 0 Å². The fraction of sp³-hybridized carbons (Fsp3) is 0.462. The lowest BCUT2D eigenvalue weighted by molar-refractivity contribution is -0.152. The highest BCUT2D eigenvalue weighted by Crippen LogP contribution is 2.38. The predicted octanol–water partition coefficient (Wildman–Crippen LogP) is 3.01. The zero-order valence-corrected chi connectivity index (χ0v) is 11.6. The summed E-state index contributed by atoms with van der Waals surface area (Å²) in [5, 5.41) is 9.26. The van der Waals surface area contributed by atoms with Gasteiger partial charge in [-0.15, -0.1) is 0 Å². The molecule has 1 aliphatic rings. The van der Waals surface area contributed by atoms with E-state index in [0.717, 1.165) is 16.5 Å². The number of benzene rings is 1. The number of carboxylic acids is 1. The van der Waals surface area contributed by atoms with Gasteiger partial charge in [0.2, 0.25) is 0 Å². The van der Waals surface area contributed by atoms with Gasteiger partial charge in [0.05, 0.1) is 19.1 Å². The number of hydrogen-bond acceptors (Lipinski definition) is 3. The second-order valence-corrected chi connectivity index (χ2v) is 5.12. The van der Waals surface area contributed by atoms with Gasteiger partial charge in [0.25, 0.3) is 0 Å². The molecule has 1 N–H and O–H groups in total. The summed E-state index contributed by atoms with van der Waals surface area (Å²) < 4.78 is 11.7. The Kier molecular flexibility index (Phi) is 4.24. The van der Waals surface area contributed by atoms with E-state index in [4.69, 9.17) is 9.47 Å². The van der Waals surface area contributed by atoms with Crippen LogP contribution < -0.4 is 4.74 Å². The summed E-state index contributed by atoms with van der Waals surface area (Å²) in [6.07, 6.45) is 1.01. The van der Waals surface area contributed by atoms with Crippen LogP contribution in [-0.4, -0.2) is 24.8 Å². The Balaban J connectivity index is 2.35. The lowest BCUT2D eigenvalue weighted by atomic mass is 9.89. The first-order valence-corrected chi connectivity index (χ1v) is 6.60. The summed E-state index contributed by atoms with van der Waals surface area (Å²) in [5.41, 5.74) is 0.835. The molecular formula is C13H15BrO4. The molecule has 0 amide bonds. The molecule has 0 aliphatic carbocycles. The van der Waals surface area contributed by atoms with E-state index < -0.39 is 18.0 Å². The average Bonchev–Trinajstić information content (AvgIpc) is 2.39. The SMILES string of the molecule is COc1ccc(Br)c(C2OCCCC2C(=O)O)c1. The second-order valence-electron chi connectivity index (χ2n) is 4.27. The molecule has 18 heavy (non-hydrogen) atoms. The summed E-state index contributed by atoms with van der Waals surface area (Å²) in [6, 6.07) is 5.51. The number of carboxylic acid groups (broad SMARTS) is 1. The molecular weight excluding hydrogens is 300 g/mol. The van der Waals surface area contributed by atoms with E-state index in [1.807, 2.05) is 18.2 Å². The minimum atomic E-state index is -0.811. The van der Waals surface area contributed by atoms with E-state index in [1.165, 1.54) is 0 Å². The molecule has 98 valence electrons. The molecule has 2 atom stereocenters. The molecule has 1 fully saturated rings. The molecule has 0 aromatic heterocycles. The molecule has 0 radical (unpaired) electrons. The predicted molar refractivity (Wildman–Crippen MR) is 69.7 cm³/mol. The fourth-order valence-corrected chi connectivity index (χ4v) is 2.68. The number of hydrogen-bond donors (Lipinski definition) is 1. The monoisotopic (exact) mass is 314 g/mol. The number of aliphatic carboxylic acids is 1. The summed E-state index contributed by atoms with van der Waals surface area (Å²) >= 11 is 3.44. The maximum atomic E-state index is 11.3. The van der Waals surface area contributed by atoms with Crippen molar-refractivity contribution in [2.24, 2.45) is 5.92 Å². The minimum absolute atomic E-state index is 0.416. The van der Waals surface area contributed by atoms with Crippen molar-refractivity contribution >= 4 is 21.9 Å². The lowest BCUT2D eigenvalue weighted by Crippen LogP contribution is -2.29. The van der Waals surface area contributed by atoms with Gasteiger partial charge in [-0.2, -0.15) is 0 Å². The van der Waals surface area contributed by atoms with Gasteiger partial charge in [-0.05, 0) is 36.6 Å². The van der Waals surface area contributed by atoms with Crippen molar-refractivity contribution < 1.29 is 19.4 Å². The van der Waals surface area contributed by atoms with Crippen LogP contribution in [0.25, 0.3) is 0 Å². The third-order valence-corrected chi connectivity index (χ3v) is 3.87. The first-order valence-electron chi connectivity index (χ1n) is 5.81. The molecule has 1 aromatic rings. The van der Waals surface area contributed by atoms with E-state index in [0.29, 0.717) is 18.8 Å². The van der Waals surface area contributed by atoms with Crippen molar-refractivity contribution in [3.63, 3.8) is 0 Å². The van der Waals surface area contributed by atoms with Crippen molar-refractivity contribution in [2.75, 3.05) is 13.7 Å². The molecule has 5 heteroatoms. The molecule has 0 spiro atoms. The summed E-state index contributed by atoms with van der Waals surface area (Å²) in [5.74, 6) is -0.608. The van der Waals surface area contributed by atoms with Crippen LogP contribution in [-0.2, 0) is 9.53 Å². The molecule has 1 heterocycles. The van der Waals surface area contributed by atoms with E-state index >= 15 is 0 Å². The zero-order valence-electron chi connectivity index (χ0n) is 10.1. The van der Waals surface area contributed by atoms with Gasteiger partial charge >= 0.3 is 5.97 Å². The maximum Gasteiger partial charge on any atom is 0.309 e. The molecule has 0 bridgehead atoms. The van der Waals surface area contributed by atoms with Crippen LogP contribution in [0.4, 0.5) is 0 Å². The third kappa shape index (κ3) is 2.67. The highest BCUT2D eigenvalue weighted by molar-refractivity contribution is 9.10. The van der Waals surface area contributed by atoms with Crippen LogP contribution in [0.15, 0.2) is 22.7 Å². The number of halogens is 1. The number of ether oxygens (including phenoxy) is 2. The van der Waals surface area contributed by atoms with Gasteiger partial charge in [0.15, 0.2) is 0 Å². The van der Waals surface area contributed by atoms with Crippen LogP contribution in [0.1, 0.15) is 24.5 Å². The topological polar surface area (TPSA) is 55.8 Å². The molecule has 1 aliphatic heterocycles. The molecule has 1 aromatic carbocycles. The van der Waals surface area contributed by atoms with Crippen molar-refractivity contribution in [3.05, 3.63) is 28.2 Å². The van der Waals surface area contributed by atoms with Crippen molar-refractivity contribution in [2.45, 2.75) is 18.9 Å². The summed E-state index contributed by atoms with van der Waals surface area (Å²) in [7, 11) is 1.59. The van der Waals surface area contributed by atoms with Crippen LogP contribution >= 0.6 is 15.9 Å². The zero-order chi connectivity index (χ0) is 13.1. The largest absolute Gasteiger partial charge is 0.497 e. The van der Waals surface area contributed by atoms with Crippen molar-refractivity contribution in [1.82, 2.24) is 0 Å².